The second-order valence-electron chi connectivity index (χ2n) is 7.30. The number of likely N-dealkylation sites (tertiary alicyclic amines) is 1. The van der Waals surface area contributed by atoms with E-state index < -0.39 is 0 Å². The van der Waals surface area contributed by atoms with Crippen LogP contribution >= 0.6 is 0 Å². The number of fused-ring (bicyclic) bond motifs is 1. The standard InChI is InChI=1S/C22H25FN4O3/c1-28-19-11-17-18(12-20(19)29-2)25-21(26-22(17)24)13-27-9-7-16(8-10-27)30-15-5-3-14(23)4-6-15/h3-6,11-12,16H,7-10,13H2,1-2H3,(H2,24,25,26). The first-order valence-electron chi connectivity index (χ1n) is 9.88. The van der Waals surface area contributed by atoms with Gasteiger partial charge in [0.05, 0.1) is 26.3 Å². The number of benzene rings is 2. The van der Waals surface area contributed by atoms with E-state index in [4.69, 9.17) is 19.9 Å². The van der Waals surface area contributed by atoms with Crippen molar-refractivity contribution in [2.24, 2.45) is 0 Å². The Morgan fingerprint density at radius 3 is 2.37 bits per heavy atom. The van der Waals surface area contributed by atoms with Gasteiger partial charge in [-0.3, -0.25) is 4.90 Å². The molecule has 3 aromatic rings. The number of ether oxygens (including phenoxy) is 3. The van der Waals surface area contributed by atoms with Gasteiger partial charge in [0.15, 0.2) is 11.5 Å². The van der Waals surface area contributed by atoms with Crippen LogP contribution in [0.25, 0.3) is 10.9 Å². The van der Waals surface area contributed by atoms with Gasteiger partial charge in [-0.15, -0.1) is 0 Å². The summed E-state index contributed by atoms with van der Waals surface area (Å²) in [6.45, 7) is 2.33. The Bertz CT molecular complexity index is 1020. The summed E-state index contributed by atoms with van der Waals surface area (Å²) >= 11 is 0. The van der Waals surface area contributed by atoms with Gasteiger partial charge in [0.25, 0.3) is 0 Å². The van der Waals surface area contributed by atoms with Crippen molar-refractivity contribution in [1.82, 2.24) is 14.9 Å². The summed E-state index contributed by atoms with van der Waals surface area (Å²) in [5.74, 6) is 2.73. The summed E-state index contributed by atoms with van der Waals surface area (Å²) in [5.41, 5.74) is 6.91. The minimum absolute atomic E-state index is 0.117. The lowest BCUT2D eigenvalue weighted by Crippen LogP contribution is -2.38. The molecule has 0 spiro atoms. The normalized spacial score (nSPS) is 15.3. The topological polar surface area (TPSA) is 82.7 Å². The first-order chi connectivity index (χ1) is 14.6. The van der Waals surface area contributed by atoms with E-state index in [2.05, 4.69) is 14.9 Å². The highest BCUT2D eigenvalue weighted by Gasteiger charge is 2.22. The van der Waals surface area contributed by atoms with Gasteiger partial charge in [0.1, 0.15) is 29.3 Å². The minimum Gasteiger partial charge on any atom is -0.493 e. The van der Waals surface area contributed by atoms with E-state index in [1.54, 1.807) is 32.4 Å². The quantitative estimate of drug-likeness (QED) is 0.664. The number of hydrogen-bond donors (Lipinski definition) is 1. The number of piperidine rings is 1. The van der Waals surface area contributed by atoms with Gasteiger partial charge in [-0.1, -0.05) is 0 Å². The van der Waals surface area contributed by atoms with E-state index in [-0.39, 0.29) is 11.9 Å². The monoisotopic (exact) mass is 412 g/mol. The molecule has 0 unspecified atom stereocenters. The van der Waals surface area contributed by atoms with Crippen molar-refractivity contribution in [1.29, 1.82) is 0 Å². The second kappa shape index (κ2) is 8.71. The Kier molecular flexibility index (Phi) is 5.85. The van der Waals surface area contributed by atoms with Crippen LogP contribution in [0.2, 0.25) is 0 Å². The fraction of sp³-hybridized carbons (Fsp3) is 0.364. The molecule has 2 N–H and O–H groups in total. The molecule has 1 fully saturated rings. The Balaban J connectivity index is 1.41. The molecule has 4 rings (SSSR count). The fourth-order valence-electron chi connectivity index (χ4n) is 3.69. The molecule has 0 aliphatic carbocycles. The Hall–Kier alpha value is -3.13. The van der Waals surface area contributed by atoms with Gasteiger partial charge >= 0.3 is 0 Å². The highest BCUT2D eigenvalue weighted by atomic mass is 19.1. The zero-order chi connectivity index (χ0) is 21.1. The third-order valence-corrected chi connectivity index (χ3v) is 5.29. The van der Waals surface area contributed by atoms with Crippen LogP contribution in [0.3, 0.4) is 0 Å². The van der Waals surface area contributed by atoms with E-state index in [1.807, 2.05) is 6.07 Å². The van der Waals surface area contributed by atoms with Gasteiger partial charge in [-0.25, -0.2) is 14.4 Å². The zero-order valence-corrected chi connectivity index (χ0v) is 17.1. The van der Waals surface area contributed by atoms with E-state index in [1.165, 1.54) is 12.1 Å². The maximum Gasteiger partial charge on any atom is 0.162 e. The molecule has 1 saturated heterocycles. The van der Waals surface area contributed by atoms with E-state index >= 15 is 0 Å². The number of nitrogen functional groups attached to an aromatic ring is 1. The molecule has 30 heavy (non-hydrogen) atoms. The first kappa shape index (κ1) is 20.2. The van der Waals surface area contributed by atoms with E-state index in [9.17, 15) is 4.39 Å². The van der Waals surface area contributed by atoms with Crippen molar-refractivity contribution < 1.29 is 18.6 Å². The maximum absolute atomic E-state index is 13.0. The molecule has 2 heterocycles. The summed E-state index contributed by atoms with van der Waals surface area (Å²) in [6, 6.07) is 9.77. The van der Waals surface area contributed by atoms with Gasteiger partial charge in [-0.2, -0.15) is 0 Å². The predicted octanol–water partition coefficient (Wildman–Crippen LogP) is 3.41. The summed E-state index contributed by atoms with van der Waals surface area (Å²) in [5, 5.41) is 0.739. The largest absolute Gasteiger partial charge is 0.493 e. The minimum atomic E-state index is -0.261. The summed E-state index contributed by atoms with van der Waals surface area (Å²) in [7, 11) is 3.17. The van der Waals surface area contributed by atoms with Crippen molar-refractivity contribution in [3.8, 4) is 17.2 Å². The maximum atomic E-state index is 13.0. The molecule has 0 amide bonds. The Morgan fingerprint density at radius 1 is 1.03 bits per heavy atom. The molecule has 0 radical (unpaired) electrons. The number of halogens is 1. The molecule has 0 bridgehead atoms. The van der Waals surface area contributed by atoms with Crippen LogP contribution in [0.4, 0.5) is 10.2 Å². The number of rotatable bonds is 6. The van der Waals surface area contributed by atoms with Crippen LogP contribution in [0.1, 0.15) is 18.7 Å². The van der Waals surface area contributed by atoms with Crippen molar-refractivity contribution in [3.63, 3.8) is 0 Å². The molecule has 2 aromatic carbocycles. The number of aromatic nitrogens is 2. The van der Waals surface area contributed by atoms with Crippen molar-refractivity contribution in [3.05, 3.63) is 48.0 Å². The van der Waals surface area contributed by atoms with E-state index in [0.717, 1.165) is 36.8 Å². The number of nitrogens with zero attached hydrogens (tertiary/aromatic N) is 3. The third-order valence-electron chi connectivity index (χ3n) is 5.29. The van der Waals surface area contributed by atoms with Crippen molar-refractivity contribution in [2.45, 2.75) is 25.5 Å². The van der Waals surface area contributed by atoms with Gasteiger partial charge in [0, 0.05) is 24.5 Å². The predicted molar refractivity (Wildman–Crippen MR) is 112 cm³/mol. The molecule has 1 aliphatic heterocycles. The number of anilines is 1. The summed E-state index contributed by atoms with van der Waals surface area (Å²) in [6.07, 6.45) is 1.88. The lowest BCUT2D eigenvalue weighted by molar-refractivity contribution is 0.0954. The molecule has 1 aromatic heterocycles. The molecular weight excluding hydrogens is 387 g/mol. The molecule has 0 saturated carbocycles. The van der Waals surface area contributed by atoms with Gasteiger partial charge in [-0.05, 0) is 43.2 Å². The smallest absolute Gasteiger partial charge is 0.162 e. The Labute approximate surface area is 174 Å². The van der Waals surface area contributed by atoms with Gasteiger partial charge < -0.3 is 19.9 Å². The summed E-state index contributed by atoms with van der Waals surface area (Å²) < 4.78 is 29.7. The van der Waals surface area contributed by atoms with Crippen LogP contribution in [-0.2, 0) is 6.54 Å². The first-order valence-corrected chi connectivity index (χ1v) is 9.88. The highest BCUT2D eigenvalue weighted by Crippen LogP contribution is 2.33. The third kappa shape index (κ3) is 4.38. The van der Waals surface area contributed by atoms with Gasteiger partial charge in [0.2, 0.25) is 0 Å². The lowest BCUT2D eigenvalue weighted by atomic mass is 10.1. The Morgan fingerprint density at radius 2 is 1.70 bits per heavy atom. The highest BCUT2D eigenvalue weighted by molar-refractivity contribution is 5.90. The van der Waals surface area contributed by atoms with Crippen LogP contribution in [0.5, 0.6) is 17.2 Å². The van der Waals surface area contributed by atoms with Crippen LogP contribution in [0.15, 0.2) is 36.4 Å². The van der Waals surface area contributed by atoms with Crippen LogP contribution in [-0.4, -0.2) is 48.3 Å². The molecule has 0 atom stereocenters. The molecular formula is C22H25FN4O3. The lowest BCUT2D eigenvalue weighted by Gasteiger charge is -2.31. The average Bonchev–Trinajstić information content (AvgIpc) is 2.76. The number of hydrogen-bond acceptors (Lipinski definition) is 7. The summed E-state index contributed by atoms with van der Waals surface area (Å²) in [4.78, 5) is 11.4. The molecule has 158 valence electrons. The zero-order valence-electron chi connectivity index (χ0n) is 17.1. The van der Waals surface area contributed by atoms with Crippen LogP contribution in [0, 0.1) is 5.82 Å². The van der Waals surface area contributed by atoms with E-state index in [0.29, 0.717) is 35.4 Å². The SMILES string of the molecule is COc1cc2nc(CN3CCC(Oc4ccc(F)cc4)CC3)nc(N)c2cc1OC. The average molecular weight is 412 g/mol. The molecule has 7 nitrogen and oxygen atoms in total. The number of methoxy groups -OCH3 is 2. The van der Waals surface area contributed by atoms with Crippen molar-refractivity contribution >= 4 is 16.7 Å². The molecule has 8 heteroatoms. The second-order valence-corrected chi connectivity index (χ2v) is 7.30. The van der Waals surface area contributed by atoms with Crippen molar-refractivity contribution in [2.75, 3.05) is 33.0 Å². The van der Waals surface area contributed by atoms with Crippen LogP contribution < -0.4 is 19.9 Å². The number of nitrogens with two attached hydrogens (primary N) is 1. The fourth-order valence-corrected chi connectivity index (χ4v) is 3.69. The molecule has 1 aliphatic rings.